The van der Waals surface area contributed by atoms with Crippen molar-refractivity contribution in [3.63, 3.8) is 0 Å². The average Bonchev–Trinajstić information content (AvgIpc) is 2.27. The van der Waals surface area contributed by atoms with E-state index in [2.05, 4.69) is 9.97 Å². The van der Waals surface area contributed by atoms with Gasteiger partial charge in [-0.05, 0) is 12.1 Å². The standard InChI is InChI=1S/C10H4Cl2F2N2/c11-7-5(1-3-15-9(7)13)6-2-4-16-10(14)8(6)12/h1-4H. The summed E-state index contributed by atoms with van der Waals surface area (Å²) in [6.07, 6.45) is 2.45. The molecule has 2 aromatic heterocycles. The van der Waals surface area contributed by atoms with E-state index in [1.54, 1.807) is 0 Å². The number of aromatic nitrogens is 2. The molecule has 0 saturated heterocycles. The molecule has 0 amide bonds. The maximum Gasteiger partial charge on any atom is 0.232 e. The summed E-state index contributed by atoms with van der Waals surface area (Å²) < 4.78 is 26.2. The van der Waals surface area contributed by atoms with Crippen molar-refractivity contribution < 1.29 is 8.78 Å². The molecule has 0 aromatic carbocycles. The van der Waals surface area contributed by atoms with Crippen molar-refractivity contribution in [3.05, 3.63) is 46.5 Å². The molecule has 0 radical (unpaired) electrons. The topological polar surface area (TPSA) is 25.8 Å². The van der Waals surface area contributed by atoms with Gasteiger partial charge >= 0.3 is 0 Å². The lowest BCUT2D eigenvalue weighted by Crippen LogP contribution is -1.91. The van der Waals surface area contributed by atoms with E-state index in [9.17, 15) is 8.78 Å². The summed E-state index contributed by atoms with van der Waals surface area (Å²) >= 11 is 11.4. The molecule has 0 spiro atoms. The van der Waals surface area contributed by atoms with Gasteiger partial charge in [0, 0.05) is 23.5 Å². The van der Waals surface area contributed by atoms with Crippen molar-refractivity contribution >= 4 is 23.2 Å². The van der Waals surface area contributed by atoms with Crippen LogP contribution in [0.3, 0.4) is 0 Å². The van der Waals surface area contributed by atoms with E-state index in [-0.39, 0.29) is 21.2 Å². The summed E-state index contributed by atoms with van der Waals surface area (Å²) in [4.78, 5) is 6.73. The Morgan fingerprint density at radius 2 is 1.19 bits per heavy atom. The summed E-state index contributed by atoms with van der Waals surface area (Å²) in [5, 5.41) is -0.398. The Hall–Kier alpha value is -1.26. The van der Waals surface area contributed by atoms with Crippen LogP contribution in [0, 0.1) is 11.9 Å². The van der Waals surface area contributed by atoms with Crippen molar-refractivity contribution in [1.29, 1.82) is 0 Å². The molecule has 0 unspecified atom stereocenters. The van der Waals surface area contributed by atoms with E-state index in [0.717, 1.165) is 0 Å². The van der Waals surface area contributed by atoms with Gasteiger partial charge in [0.1, 0.15) is 10.0 Å². The van der Waals surface area contributed by atoms with Crippen LogP contribution < -0.4 is 0 Å². The van der Waals surface area contributed by atoms with Crippen molar-refractivity contribution in [2.24, 2.45) is 0 Å². The molecule has 2 heterocycles. The fraction of sp³-hybridized carbons (Fsp3) is 0. The second-order valence-electron chi connectivity index (χ2n) is 2.93. The molecule has 0 atom stereocenters. The predicted molar refractivity (Wildman–Crippen MR) is 57.4 cm³/mol. The van der Waals surface area contributed by atoms with Crippen LogP contribution in [0.4, 0.5) is 8.78 Å². The number of pyridine rings is 2. The van der Waals surface area contributed by atoms with E-state index in [4.69, 9.17) is 23.2 Å². The van der Waals surface area contributed by atoms with Gasteiger partial charge in [-0.1, -0.05) is 23.2 Å². The largest absolute Gasteiger partial charge is 0.232 e. The Kier molecular flexibility index (Phi) is 3.03. The van der Waals surface area contributed by atoms with Crippen LogP contribution >= 0.6 is 23.2 Å². The van der Waals surface area contributed by atoms with Crippen LogP contribution in [0.15, 0.2) is 24.5 Å². The molecule has 2 nitrogen and oxygen atoms in total. The van der Waals surface area contributed by atoms with Crippen LogP contribution in [-0.2, 0) is 0 Å². The highest BCUT2D eigenvalue weighted by Gasteiger charge is 2.14. The van der Waals surface area contributed by atoms with Gasteiger partial charge in [0.05, 0.1) is 0 Å². The predicted octanol–water partition coefficient (Wildman–Crippen LogP) is 3.73. The molecule has 0 aliphatic carbocycles. The lowest BCUT2D eigenvalue weighted by Gasteiger charge is -2.06. The van der Waals surface area contributed by atoms with Crippen molar-refractivity contribution in [2.45, 2.75) is 0 Å². The Labute approximate surface area is 99.9 Å². The minimum atomic E-state index is -0.826. The number of halogens is 4. The average molecular weight is 261 g/mol. The molecule has 6 heteroatoms. The zero-order valence-corrected chi connectivity index (χ0v) is 9.23. The van der Waals surface area contributed by atoms with E-state index >= 15 is 0 Å². The normalized spacial score (nSPS) is 10.5. The first-order valence-corrected chi connectivity index (χ1v) is 4.97. The summed E-state index contributed by atoms with van der Waals surface area (Å²) in [6.45, 7) is 0. The molecular weight excluding hydrogens is 257 g/mol. The molecule has 0 N–H and O–H groups in total. The van der Waals surface area contributed by atoms with Gasteiger partial charge in [-0.3, -0.25) is 0 Å². The third kappa shape index (κ3) is 1.86. The van der Waals surface area contributed by atoms with Gasteiger partial charge in [-0.2, -0.15) is 8.78 Å². The van der Waals surface area contributed by atoms with E-state index < -0.39 is 11.9 Å². The fourth-order valence-electron chi connectivity index (χ4n) is 1.25. The molecule has 0 fully saturated rings. The molecular formula is C10H4Cl2F2N2. The molecule has 0 aliphatic heterocycles. The first-order chi connectivity index (χ1) is 7.61. The Bertz CT molecular complexity index is 497. The Morgan fingerprint density at radius 1 is 0.812 bits per heavy atom. The Morgan fingerprint density at radius 3 is 1.56 bits per heavy atom. The highest BCUT2D eigenvalue weighted by Crippen LogP contribution is 2.34. The molecule has 0 aliphatic rings. The van der Waals surface area contributed by atoms with Crippen molar-refractivity contribution in [2.75, 3.05) is 0 Å². The summed E-state index contributed by atoms with van der Waals surface area (Å²) in [5.74, 6) is -1.65. The van der Waals surface area contributed by atoms with Gasteiger partial charge in [-0.25, -0.2) is 9.97 Å². The van der Waals surface area contributed by atoms with Gasteiger partial charge < -0.3 is 0 Å². The van der Waals surface area contributed by atoms with Gasteiger partial charge in [0.2, 0.25) is 11.9 Å². The quantitative estimate of drug-likeness (QED) is 0.731. The summed E-state index contributed by atoms with van der Waals surface area (Å²) in [5.41, 5.74) is 0.556. The van der Waals surface area contributed by atoms with E-state index in [0.29, 0.717) is 0 Å². The van der Waals surface area contributed by atoms with Gasteiger partial charge in [-0.15, -0.1) is 0 Å². The van der Waals surface area contributed by atoms with E-state index in [1.807, 2.05) is 0 Å². The second kappa shape index (κ2) is 4.31. The molecule has 0 bridgehead atoms. The van der Waals surface area contributed by atoms with Crippen molar-refractivity contribution in [3.8, 4) is 11.1 Å². The third-order valence-electron chi connectivity index (χ3n) is 1.98. The smallest absolute Gasteiger partial charge is 0.227 e. The number of nitrogens with zero attached hydrogens (tertiary/aromatic N) is 2. The maximum atomic E-state index is 13.1. The maximum absolute atomic E-state index is 13.1. The second-order valence-corrected chi connectivity index (χ2v) is 3.68. The number of rotatable bonds is 1. The lowest BCUT2D eigenvalue weighted by molar-refractivity contribution is 0.582. The monoisotopic (exact) mass is 260 g/mol. The molecule has 82 valence electrons. The summed E-state index contributed by atoms with van der Waals surface area (Å²) in [7, 11) is 0. The third-order valence-corrected chi connectivity index (χ3v) is 2.70. The lowest BCUT2D eigenvalue weighted by atomic mass is 10.1. The van der Waals surface area contributed by atoms with Crippen LogP contribution in [0.2, 0.25) is 10.0 Å². The summed E-state index contributed by atoms with van der Waals surface area (Å²) in [6, 6.07) is 2.90. The fourth-order valence-corrected chi connectivity index (χ4v) is 1.68. The zero-order chi connectivity index (χ0) is 11.7. The first kappa shape index (κ1) is 11.2. The highest BCUT2D eigenvalue weighted by atomic mass is 35.5. The van der Waals surface area contributed by atoms with E-state index in [1.165, 1.54) is 24.5 Å². The Balaban J connectivity index is 2.68. The molecule has 16 heavy (non-hydrogen) atoms. The van der Waals surface area contributed by atoms with Crippen LogP contribution in [0.5, 0.6) is 0 Å². The van der Waals surface area contributed by atoms with Crippen LogP contribution in [-0.4, -0.2) is 9.97 Å². The van der Waals surface area contributed by atoms with Gasteiger partial charge in [0.15, 0.2) is 0 Å². The van der Waals surface area contributed by atoms with Gasteiger partial charge in [0.25, 0.3) is 0 Å². The van der Waals surface area contributed by atoms with Crippen LogP contribution in [0.1, 0.15) is 0 Å². The number of hydrogen-bond donors (Lipinski definition) is 0. The SMILES string of the molecule is Fc1nccc(-c2ccnc(F)c2Cl)c1Cl. The minimum Gasteiger partial charge on any atom is -0.227 e. The highest BCUT2D eigenvalue weighted by molar-refractivity contribution is 6.36. The molecule has 0 saturated carbocycles. The number of hydrogen-bond acceptors (Lipinski definition) is 2. The first-order valence-electron chi connectivity index (χ1n) is 4.21. The van der Waals surface area contributed by atoms with Crippen molar-refractivity contribution in [1.82, 2.24) is 9.97 Å². The minimum absolute atomic E-state index is 0.199. The zero-order valence-electron chi connectivity index (χ0n) is 7.72. The van der Waals surface area contributed by atoms with Crippen LogP contribution in [0.25, 0.3) is 11.1 Å². The molecule has 2 aromatic rings. The molecule has 2 rings (SSSR count).